The molecule has 3 nitrogen and oxygen atoms in total. The monoisotopic (exact) mass is 258 g/mol. The summed E-state index contributed by atoms with van der Waals surface area (Å²) in [6.07, 6.45) is 7.27. The molecule has 4 heteroatoms. The maximum atomic E-state index is 9.81. The van der Waals surface area contributed by atoms with Crippen molar-refractivity contribution in [1.82, 2.24) is 0 Å². The Hall–Kier alpha value is -1.55. The summed E-state index contributed by atoms with van der Waals surface area (Å²) in [5.41, 5.74) is 1.22. The second kappa shape index (κ2) is 4.98. The van der Waals surface area contributed by atoms with Crippen LogP contribution in [0.3, 0.4) is 0 Å². The van der Waals surface area contributed by atoms with Gasteiger partial charge in [0.15, 0.2) is 0 Å². The third-order valence-corrected chi connectivity index (χ3v) is 4.24. The van der Waals surface area contributed by atoms with Crippen molar-refractivity contribution in [2.24, 2.45) is 9.98 Å². The van der Waals surface area contributed by atoms with E-state index in [9.17, 15) is 5.11 Å². The molecule has 92 valence electrons. The summed E-state index contributed by atoms with van der Waals surface area (Å²) < 4.78 is 0. The average molecular weight is 258 g/mol. The molecule has 0 radical (unpaired) electrons. The number of phenolic OH excluding ortho intramolecular Hbond substituents is 1. The molecule has 0 bridgehead atoms. The number of hydrogen-bond acceptors (Lipinski definition) is 4. The fourth-order valence-corrected chi connectivity index (χ4v) is 3.18. The van der Waals surface area contributed by atoms with Gasteiger partial charge in [-0.05, 0) is 31.4 Å². The molecule has 1 heterocycles. The fourth-order valence-electron chi connectivity index (χ4n) is 2.22. The van der Waals surface area contributed by atoms with E-state index in [0.717, 1.165) is 22.8 Å². The van der Waals surface area contributed by atoms with Crippen LogP contribution in [0.1, 0.15) is 19.3 Å². The first-order valence-corrected chi connectivity index (χ1v) is 6.92. The number of rotatable bonds is 1. The molecule has 0 saturated carbocycles. The molecule has 1 unspecified atom stereocenters. The molecule has 0 fully saturated rings. The van der Waals surface area contributed by atoms with Crippen LogP contribution in [0.5, 0.6) is 5.75 Å². The first-order chi connectivity index (χ1) is 8.84. The molecule has 0 saturated heterocycles. The van der Waals surface area contributed by atoms with E-state index in [2.05, 4.69) is 16.1 Å². The topological polar surface area (TPSA) is 45.0 Å². The smallest absolute Gasteiger partial charge is 0.129 e. The van der Waals surface area contributed by atoms with Gasteiger partial charge in [0.2, 0.25) is 0 Å². The van der Waals surface area contributed by atoms with Gasteiger partial charge in [-0.25, -0.2) is 4.99 Å². The number of fused-ring (bicyclic) bond motifs is 1. The number of aromatic hydroxyl groups is 1. The van der Waals surface area contributed by atoms with Crippen LogP contribution in [0.25, 0.3) is 0 Å². The zero-order chi connectivity index (χ0) is 12.4. The molecule has 1 aliphatic carbocycles. The van der Waals surface area contributed by atoms with Gasteiger partial charge in [0, 0.05) is 5.57 Å². The van der Waals surface area contributed by atoms with Crippen LogP contribution >= 0.6 is 11.8 Å². The van der Waals surface area contributed by atoms with E-state index in [1.807, 2.05) is 18.2 Å². The Morgan fingerprint density at radius 3 is 3.06 bits per heavy atom. The number of nitrogens with zero attached hydrogens (tertiary/aromatic N) is 2. The van der Waals surface area contributed by atoms with Crippen LogP contribution in [0.15, 0.2) is 50.8 Å². The molecular weight excluding hydrogens is 244 g/mol. The minimum absolute atomic E-state index is 0.268. The summed E-state index contributed by atoms with van der Waals surface area (Å²) in [6.45, 7) is 0. The fraction of sp³-hybridized carbons (Fsp3) is 0.286. The third-order valence-electron chi connectivity index (χ3n) is 3.15. The van der Waals surface area contributed by atoms with E-state index < -0.39 is 0 Å². The summed E-state index contributed by atoms with van der Waals surface area (Å²) in [6, 6.07) is 7.63. The van der Waals surface area contributed by atoms with Gasteiger partial charge in [-0.3, -0.25) is 4.99 Å². The highest BCUT2D eigenvalue weighted by molar-refractivity contribution is 8.14. The van der Waals surface area contributed by atoms with Crippen LogP contribution < -0.4 is 0 Å². The highest BCUT2D eigenvalue weighted by Crippen LogP contribution is 2.35. The molecular formula is C14H14N2OS. The summed E-state index contributed by atoms with van der Waals surface area (Å²) in [7, 11) is 0. The maximum Gasteiger partial charge on any atom is 0.129 e. The van der Waals surface area contributed by atoms with Crippen LogP contribution in [0.4, 0.5) is 0 Å². The molecule has 1 N–H and O–H groups in total. The Labute approximate surface area is 110 Å². The van der Waals surface area contributed by atoms with Crippen molar-refractivity contribution in [2.45, 2.75) is 30.2 Å². The highest BCUT2D eigenvalue weighted by atomic mass is 32.2. The maximum absolute atomic E-state index is 9.81. The van der Waals surface area contributed by atoms with Gasteiger partial charge in [0.25, 0.3) is 0 Å². The second-order valence-corrected chi connectivity index (χ2v) is 5.41. The number of aliphatic imine (C=N–C) groups is 2. The molecule has 1 atom stereocenters. The zero-order valence-corrected chi connectivity index (χ0v) is 10.7. The molecule has 18 heavy (non-hydrogen) atoms. The lowest BCUT2D eigenvalue weighted by Gasteiger charge is -2.24. The van der Waals surface area contributed by atoms with Gasteiger partial charge in [-0.15, -0.1) is 0 Å². The first kappa shape index (κ1) is 11.5. The van der Waals surface area contributed by atoms with E-state index in [-0.39, 0.29) is 6.04 Å². The molecule has 0 amide bonds. The van der Waals surface area contributed by atoms with Crippen molar-refractivity contribution >= 4 is 23.1 Å². The largest absolute Gasteiger partial charge is 0.507 e. The molecule has 1 aromatic carbocycles. The quantitative estimate of drug-likeness (QED) is 0.839. The van der Waals surface area contributed by atoms with Gasteiger partial charge in [0.05, 0.1) is 10.9 Å². The molecule has 3 rings (SSSR count). The van der Waals surface area contributed by atoms with Gasteiger partial charge in [0.1, 0.15) is 17.1 Å². The number of thioether (sulfide) groups is 1. The minimum Gasteiger partial charge on any atom is -0.507 e. The normalized spacial score (nSPS) is 22.1. The van der Waals surface area contributed by atoms with E-state index in [1.165, 1.54) is 23.8 Å². The summed E-state index contributed by atoms with van der Waals surface area (Å²) >= 11 is 1.52. The SMILES string of the molecule is Oc1ccccc1SC1=NC=NC2CCCC=C12. The van der Waals surface area contributed by atoms with Gasteiger partial charge in [-0.2, -0.15) is 0 Å². The average Bonchev–Trinajstić information content (AvgIpc) is 2.42. The van der Waals surface area contributed by atoms with Gasteiger partial charge in [-0.1, -0.05) is 30.0 Å². The molecule has 0 aromatic heterocycles. The van der Waals surface area contributed by atoms with Crippen LogP contribution in [-0.2, 0) is 0 Å². The predicted molar refractivity (Wildman–Crippen MR) is 75.6 cm³/mol. The van der Waals surface area contributed by atoms with E-state index in [1.54, 1.807) is 12.4 Å². The standard InChI is InChI=1S/C14H14N2OS/c17-12-7-3-4-8-13(12)18-14-10-5-1-2-6-11(10)15-9-16-14/h3-5,7-9,11,17H,1-2,6H2. The minimum atomic E-state index is 0.268. The predicted octanol–water partition coefficient (Wildman–Crippen LogP) is 3.40. The third kappa shape index (κ3) is 2.20. The van der Waals surface area contributed by atoms with Crippen LogP contribution in [-0.4, -0.2) is 22.5 Å². The van der Waals surface area contributed by atoms with Crippen molar-refractivity contribution < 1.29 is 5.11 Å². The Bertz CT molecular complexity index is 548. The van der Waals surface area contributed by atoms with Gasteiger partial charge >= 0.3 is 0 Å². The second-order valence-electron chi connectivity index (χ2n) is 4.37. The summed E-state index contributed by atoms with van der Waals surface area (Å²) in [5, 5.41) is 10.8. The first-order valence-electron chi connectivity index (χ1n) is 6.10. The Morgan fingerprint density at radius 1 is 1.28 bits per heavy atom. The zero-order valence-electron chi connectivity index (χ0n) is 9.91. The summed E-state index contributed by atoms with van der Waals surface area (Å²) in [4.78, 5) is 9.61. The van der Waals surface area contributed by atoms with Crippen molar-refractivity contribution in [3.63, 3.8) is 0 Å². The van der Waals surface area contributed by atoms with Gasteiger partial charge < -0.3 is 5.11 Å². The van der Waals surface area contributed by atoms with Crippen molar-refractivity contribution in [2.75, 3.05) is 0 Å². The Morgan fingerprint density at radius 2 is 2.17 bits per heavy atom. The number of benzene rings is 1. The van der Waals surface area contributed by atoms with Crippen molar-refractivity contribution in [1.29, 1.82) is 0 Å². The van der Waals surface area contributed by atoms with Crippen molar-refractivity contribution in [3.8, 4) is 5.75 Å². The highest BCUT2D eigenvalue weighted by Gasteiger charge is 2.24. The molecule has 0 spiro atoms. The Balaban J connectivity index is 1.88. The van der Waals surface area contributed by atoms with E-state index in [4.69, 9.17) is 0 Å². The van der Waals surface area contributed by atoms with Crippen molar-refractivity contribution in [3.05, 3.63) is 35.9 Å². The Kier molecular flexibility index (Phi) is 3.19. The molecule has 2 aliphatic rings. The van der Waals surface area contributed by atoms with Crippen LogP contribution in [0, 0.1) is 0 Å². The number of para-hydroxylation sites is 1. The molecule has 1 aromatic rings. The lowest BCUT2D eigenvalue weighted by atomic mass is 9.95. The van der Waals surface area contributed by atoms with E-state index in [0.29, 0.717) is 5.75 Å². The lowest BCUT2D eigenvalue weighted by molar-refractivity contribution is 0.462. The lowest BCUT2D eigenvalue weighted by Crippen LogP contribution is -2.21. The number of allylic oxidation sites excluding steroid dienone is 1. The number of hydrogen-bond donors (Lipinski definition) is 1. The molecule has 1 aliphatic heterocycles. The number of phenols is 1. The van der Waals surface area contributed by atoms with E-state index >= 15 is 0 Å². The summed E-state index contributed by atoms with van der Waals surface area (Å²) in [5.74, 6) is 0.306. The van der Waals surface area contributed by atoms with Crippen LogP contribution in [0.2, 0.25) is 0 Å².